The summed E-state index contributed by atoms with van der Waals surface area (Å²) in [6.45, 7) is 5.53. The van der Waals surface area contributed by atoms with Crippen molar-refractivity contribution in [2.75, 3.05) is 19.8 Å². The van der Waals surface area contributed by atoms with Crippen LogP contribution in [0.25, 0.3) is 0 Å². The van der Waals surface area contributed by atoms with Crippen molar-refractivity contribution in [2.24, 2.45) is 5.73 Å². The molecule has 2 fully saturated rings. The van der Waals surface area contributed by atoms with Crippen LogP contribution in [0.2, 0.25) is 0 Å². The summed E-state index contributed by atoms with van der Waals surface area (Å²) in [5.74, 6) is -6.54. The third-order valence-electron chi connectivity index (χ3n) is 13.4. The lowest BCUT2D eigenvalue weighted by atomic mass is 9.94. The number of aliphatic carboxylic acids is 1. The van der Waals surface area contributed by atoms with Gasteiger partial charge in [0.25, 0.3) is 0 Å². The molecule has 2 saturated heterocycles. The standard InChI is InChI=1S/C51H91N7O18/c1-6-7-8-9-10-11-12-13-14-15-16-17-18-19-20-24-39(64)53-27-22-21-23-35(49(70)71)58-48(69)34(25-26-38(52)63)57-46(67)30(2)54-47(68)31(3)73-45-41(56-33(5)62)50(72)74-37(29-60)44(45)76-51-40(55-32(4)61)43(66)42(65)36(28-59)75-51/h30-31,34-37,40-45,50-51,59-60,65-66,72H,6-29H2,1-5H3,(H2,52,63)(H,53,64)(H,54,68)(H,55,61)(H,56,62)(H,57,67)(H,58,69)(H,70,71). The predicted octanol–water partition coefficient (Wildman–Crippen LogP) is -0.324. The molecule has 25 nitrogen and oxygen atoms in total. The fourth-order valence-electron chi connectivity index (χ4n) is 9.05. The maximum Gasteiger partial charge on any atom is 0.326 e. The number of amides is 7. The van der Waals surface area contributed by atoms with E-state index in [-0.39, 0.29) is 25.2 Å². The first kappa shape index (κ1) is 67.5. The van der Waals surface area contributed by atoms with Gasteiger partial charge in [-0.1, -0.05) is 96.8 Å². The van der Waals surface area contributed by atoms with E-state index in [0.29, 0.717) is 25.8 Å². The molecule has 2 heterocycles. The Kier molecular flexibility index (Phi) is 33.1. The van der Waals surface area contributed by atoms with Gasteiger partial charge in [-0.2, -0.15) is 0 Å². The van der Waals surface area contributed by atoms with Gasteiger partial charge in [0.1, 0.15) is 72.9 Å². The Morgan fingerprint density at radius 3 is 1.66 bits per heavy atom. The number of hydrogen-bond donors (Lipinski definition) is 13. The number of aliphatic hydroxyl groups is 5. The number of aliphatic hydroxyl groups excluding tert-OH is 5. The minimum Gasteiger partial charge on any atom is -0.480 e. The van der Waals surface area contributed by atoms with E-state index >= 15 is 0 Å². The Morgan fingerprint density at radius 1 is 0.592 bits per heavy atom. The number of carboxylic acids is 1. The van der Waals surface area contributed by atoms with Crippen LogP contribution in [0, 0.1) is 0 Å². The van der Waals surface area contributed by atoms with Crippen molar-refractivity contribution in [1.82, 2.24) is 31.9 Å². The highest BCUT2D eigenvalue weighted by Gasteiger charge is 2.53. The van der Waals surface area contributed by atoms with Crippen LogP contribution in [-0.2, 0) is 57.3 Å². The van der Waals surface area contributed by atoms with Gasteiger partial charge in [0.15, 0.2) is 12.6 Å². The number of ether oxygens (including phenoxy) is 4. The van der Waals surface area contributed by atoms with Crippen LogP contribution in [-0.4, -0.2) is 183 Å². The van der Waals surface area contributed by atoms with Crippen LogP contribution >= 0.6 is 0 Å². The SMILES string of the molecule is CCCCCCCCCCCCCCCCCC(=O)NCCCCC(NC(=O)C(CCC(N)=O)NC(=O)C(C)NC(=O)C(C)OC1C(NC(C)=O)C(O)OC(CO)C1OC1OC(CO)C(O)C(O)C1NC(C)=O)C(=O)O. The predicted molar refractivity (Wildman–Crippen MR) is 274 cm³/mol. The zero-order valence-electron chi connectivity index (χ0n) is 45.2. The minimum atomic E-state index is -1.88. The average molecular weight is 1090 g/mol. The molecule has 2 rings (SSSR count). The highest BCUT2D eigenvalue weighted by molar-refractivity contribution is 5.94. The van der Waals surface area contributed by atoms with E-state index in [1.54, 1.807) is 0 Å². The van der Waals surface area contributed by atoms with Crippen LogP contribution in [0.3, 0.4) is 0 Å². The first-order chi connectivity index (χ1) is 36.1. The van der Waals surface area contributed by atoms with Crippen LogP contribution in [0.4, 0.5) is 0 Å². The lowest BCUT2D eigenvalue weighted by Gasteiger charge is -2.48. The molecule has 0 spiro atoms. The molecule has 14 unspecified atom stereocenters. The fraction of sp³-hybridized carbons (Fsp3) is 0.843. The summed E-state index contributed by atoms with van der Waals surface area (Å²) in [5.41, 5.74) is 5.33. The molecule has 0 aliphatic carbocycles. The molecule has 2 aliphatic heterocycles. The van der Waals surface area contributed by atoms with E-state index in [0.717, 1.165) is 39.5 Å². The number of carbonyl (C=O) groups is 8. The number of carbonyl (C=O) groups excluding carboxylic acids is 7. The van der Waals surface area contributed by atoms with Gasteiger partial charge in [0, 0.05) is 33.2 Å². The van der Waals surface area contributed by atoms with Crippen molar-refractivity contribution in [1.29, 1.82) is 0 Å². The molecule has 0 aromatic heterocycles. The normalized spacial score (nSPS) is 25.0. The molecule has 7 amide bonds. The fourth-order valence-corrected chi connectivity index (χ4v) is 9.05. The summed E-state index contributed by atoms with van der Waals surface area (Å²) in [5, 5.41) is 77.3. The van der Waals surface area contributed by atoms with E-state index in [2.05, 4.69) is 38.8 Å². The van der Waals surface area contributed by atoms with Crippen molar-refractivity contribution in [2.45, 2.75) is 255 Å². The molecule has 438 valence electrons. The topological polar surface area (TPSA) is 393 Å². The number of hydrogen-bond acceptors (Lipinski definition) is 17. The number of primary amides is 1. The maximum atomic E-state index is 13.6. The molecule has 2 aliphatic rings. The summed E-state index contributed by atoms with van der Waals surface area (Å²) < 4.78 is 23.3. The second-order valence-electron chi connectivity index (χ2n) is 20.0. The van der Waals surface area contributed by atoms with E-state index in [4.69, 9.17) is 24.7 Å². The highest BCUT2D eigenvalue weighted by atomic mass is 16.7. The van der Waals surface area contributed by atoms with E-state index in [1.807, 2.05) is 0 Å². The van der Waals surface area contributed by atoms with Crippen LogP contribution in [0.15, 0.2) is 0 Å². The molecule has 0 aromatic rings. The van der Waals surface area contributed by atoms with E-state index in [9.17, 15) is 69.0 Å². The summed E-state index contributed by atoms with van der Waals surface area (Å²) >= 11 is 0. The Balaban J connectivity index is 1.97. The lowest BCUT2D eigenvalue weighted by Crippen LogP contribution is -2.70. The van der Waals surface area contributed by atoms with Crippen LogP contribution in [0.5, 0.6) is 0 Å². The van der Waals surface area contributed by atoms with Gasteiger partial charge in [-0.15, -0.1) is 0 Å². The van der Waals surface area contributed by atoms with E-state index in [1.165, 1.54) is 84.5 Å². The summed E-state index contributed by atoms with van der Waals surface area (Å²) in [6.07, 6.45) is 4.04. The average Bonchev–Trinajstić information content (AvgIpc) is 3.36. The Bertz CT molecular complexity index is 1780. The molecule has 25 heteroatoms. The van der Waals surface area contributed by atoms with Crippen molar-refractivity contribution < 1.29 is 87.9 Å². The van der Waals surface area contributed by atoms with Crippen molar-refractivity contribution in [3.8, 4) is 0 Å². The number of nitrogens with two attached hydrogens (primary N) is 1. The van der Waals surface area contributed by atoms with Crippen LogP contribution < -0.4 is 37.6 Å². The molecular weight excluding hydrogens is 999 g/mol. The van der Waals surface area contributed by atoms with Crippen molar-refractivity contribution in [3.05, 3.63) is 0 Å². The number of carboxylic acid groups (broad SMARTS) is 1. The van der Waals surface area contributed by atoms with Gasteiger partial charge in [-0.05, 0) is 46.0 Å². The lowest BCUT2D eigenvalue weighted by molar-refractivity contribution is -0.333. The molecule has 76 heavy (non-hydrogen) atoms. The van der Waals surface area contributed by atoms with Gasteiger partial charge >= 0.3 is 5.97 Å². The summed E-state index contributed by atoms with van der Waals surface area (Å²) in [7, 11) is 0. The van der Waals surface area contributed by atoms with Gasteiger partial charge in [0.05, 0.1) is 13.2 Å². The second kappa shape index (κ2) is 37.3. The maximum absolute atomic E-state index is 13.6. The molecule has 0 bridgehead atoms. The Labute approximate surface area is 446 Å². The highest BCUT2D eigenvalue weighted by Crippen LogP contribution is 2.31. The van der Waals surface area contributed by atoms with Gasteiger partial charge in [-0.3, -0.25) is 33.6 Å². The second-order valence-corrected chi connectivity index (χ2v) is 20.0. The van der Waals surface area contributed by atoms with Crippen LogP contribution in [0.1, 0.15) is 169 Å². The molecule has 0 saturated carbocycles. The Hall–Kier alpha value is -4.60. The van der Waals surface area contributed by atoms with E-state index < -0.39 is 140 Å². The van der Waals surface area contributed by atoms with Gasteiger partial charge < -0.3 is 87.2 Å². The zero-order chi connectivity index (χ0) is 56.7. The minimum absolute atomic E-state index is 0.0213. The molecule has 0 aromatic carbocycles. The number of rotatable bonds is 39. The summed E-state index contributed by atoms with van der Waals surface area (Å²) in [6, 6.07) is -7.32. The Morgan fingerprint density at radius 2 is 1.13 bits per heavy atom. The van der Waals surface area contributed by atoms with Crippen molar-refractivity contribution >= 4 is 47.3 Å². The quantitative estimate of drug-likeness (QED) is 0.0351. The molecule has 14 N–H and O–H groups in total. The third kappa shape index (κ3) is 25.2. The third-order valence-corrected chi connectivity index (χ3v) is 13.4. The summed E-state index contributed by atoms with van der Waals surface area (Å²) in [4.78, 5) is 101. The van der Waals surface area contributed by atoms with Gasteiger partial charge in [0.2, 0.25) is 41.4 Å². The number of unbranched alkanes of at least 4 members (excludes halogenated alkanes) is 15. The smallest absolute Gasteiger partial charge is 0.326 e. The molecule has 0 radical (unpaired) electrons. The van der Waals surface area contributed by atoms with Crippen molar-refractivity contribution in [3.63, 3.8) is 0 Å². The monoisotopic (exact) mass is 1090 g/mol. The zero-order valence-corrected chi connectivity index (χ0v) is 45.2. The first-order valence-electron chi connectivity index (χ1n) is 27.3. The molecular formula is C51H91N7O18. The first-order valence-corrected chi connectivity index (χ1v) is 27.3. The largest absolute Gasteiger partial charge is 0.480 e. The number of nitrogens with one attached hydrogen (secondary N) is 6. The van der Waals surface area contributed by atoms with Gasteiger partial charge in [-0.25, -0.2) is 4.79 Å². The molecule has 14 atom stereocenters.